The Morgan fingerprint density at radius 3 is 2.03 bits per heavy atom. The second kappa shape index (κ2) is 8.74. The van der Waals surface area contributed by atoms with E-state index >= 15 is 0 Å². The SMILES string of the molecule is CC(C)(Br)C(=O)OCCOc1ccc([S+]2c3ccccc3Nc3ccccc32)cc1. The van der Waals surface area contributed by atoms with Crippen LogP contribution in [0.3, 0.4) is 0 Å². The largest absolute Gasteiger partial charge is 0.490 e. The van der Waals surface area contributed by atoms with Crippen LogP contribution in [0.15, 0.2) is 87.5 Å². The molecule has 0 unspecified atom stereocenters. The minimum absolute atomic E-state index is 0.182. The van der Waals surface area contributed by atoms with Crippen LogP contribution in [0.25, 0.3) is 0 Å². The first-order valence-electron chi connectivity index (χ1n) is 9.72. The van der Waals surface area contributed by atoms with E-state index in [0.29, 0.717) is 6.61 Å². The maximum absolute atomic E-state index is 11.8. The van der Waals surface area contributed by atoms with Crippen molar-refractivity contribution >= 4 is 44.2 Å². The number of anilines is 2. The third kappa shape index (κ3) is 4.50. The number of carbonyl (C=O) groups is 1. The van der Waals surface area contributed by atoms with Crippen LogP contribution in [-0.2, 0) is 20.4 Å². The first-order valence-corrected chi connectivity index (χ1v) is 11.7. The van der Waals surface area contributed by atoms with Crippen molar-refractivity contribution in [3.05, 3.63) is 72.8 Å². The van der Waals surface area contributed by atoms with Crippen LogP contribution in [0, 0.1) is 0 Å². The van der Waals surface area contributed by atoms with E-state index < -0.39 is 4.32 Å². The molecule has 4 rings (SSSR count). The van der Waals surface area contributed by atoms with Crippen molar-refractivity contribution in [2.45, 2.75) is 32.9 Å². The zero-order chi connectivity index (χ0) is 21.1. The topological polar surface area (TPSA) is 47.6 Å². The van der Waals surface area contributed by atoms with Crippen molar-refractivity contribution in [1.29, 1.82) is 0 Å². The molecule has 0 aliphatic carbocycles. The van der Waals surface area contributed by atoms with E-state index in [-0.39, 0.29) is 23.5 Å². The second-order valence-electron chi connectivity index (χ2n) is 7.35. The number of rotatable bonds is 6. The molecule has 0 fully saturated rings. The molecule has 6 heteroatoms. The molecule has 1 heterocycles. The van der Waals surface area contributed by atoms with Crippen LogP contribution in [0.4, 0.5) is 11.4 Å². The lowest BCUT2D eigenvalue weighted by Crippen LogP contribution is -2.28. The lowest BCUT2D eigenvalue weighted by atomic mass is 10.2. The molecule has 0 saturated heterocycles. The van der Waals surface area contributed by atoms with Crippen molar-refractivity contribution in [3.8, 4) is 5.75 Å². The molecule has 1 N–H and O–H groups in total. The highest BCUT2D eigenvalue weighted by Gasteiger charge is 2.37. The summed E-state index contributed by atoms with van der Waals surface area (Å²) in [7, 11) is -0.182. The van der Waals surface area contributed by atoms with E-state index in [1.165, 1.54) is 14.7 Å². The fourth-order valence-electron chi connectivity index (χ4n) is 3.15. The Morgan fingerprint density at radius 2 is 1.47 bits per heavy atom. The molecule has 0 radical (unpaired) electrons. The number of fused-ring (bicyclic) bond motifs is 2. The quantitative estimate of drug-likeness (QED) is 0.159. The lowest BCUT2D eigenvalue weighted by molar-refractivity contribution is -0.146. The molecule has 0 spiro atoms. The lowest BCUT2D eigenvalue weighted by Gasteiger charge is -2.20. The predicted octanol–water partition coefficient (Wildman–Crippen LogP) is 5.93. The van der Waals surface area contributed by atoms with Crippen molar-refractivity contribution in [3.63, 3.8) is 0 Å². The van der Waals surface area contributed by atoms with Gasteiger partial charge in [-0.15, -0.1) is 0 Å². The van der Waals surface area contributed by atoms with Crippen LogP contribution < -0.4 is 10.1 Å². The summed E-state index contributed by atoms with van der Waals surface area (Å²) in [6.07, 6.45) is 0. The fraction of sp³-hybridized carbons (Fsp3) is 0.208. The van der Waals surface area contributed by atoms with Gasteiger partial charge in [-0.3, -0.25) is 4.79 Å². The van der Waals surface area contributed by atoms with Gasteiger partial charge in [-0.2, -0.15) is 0 Å². The molecule has 0 amide bonds. The molecule has 1 aliphatic rings. The van der Waals surface area contributed by atoms with Gasteiger partial charge in [0.25, 0.3) is 0 Å². The molecular weight excluding hydrogens is 462 g/mol. The zero-order valence-electron chi connectivity index (χ0n) is 16.9. The predicted molar refractivity (Wildman–Crippen MR) is 124 cm³/mol. The fourth-order valence-corrected chi connectivity index (χ4v) is 5.53. The molecule has 30 heavy (non-hydrogen) atoms. The molecule has 0 bridgehead atoms. The van der Waals surface area contributed by atoms with Crippen molar-refractivity contribution in [2.24, 2.45) is 0 Å². The number of ether oxygens (including phenoxy) is 2. The molecule has 1 aliphatic heterocycles. The van der Waals surface area contributed by atoms with Gasteiger partial charge in [-0.05, 0) is 62.4 Å². The smallest absolute Gasteiger partial charge is 0.322 e. The minimum atomic E-state index is -0.684. The molecule has 3 aromatic carbocycles. The summed E-state index contributed by atoms with van der Waals surface area (Å²) < 4.78 is 10.3. The number of alkyl halides is 1. The van der Waals surface area contributed by atoms with E-state index in [4.69, 9.17) is 9.47 Å². The van der Waals surface area contributed by atoms with Gasteiger partial charge >= 0.3 is 5.97 Å². The highest BCUT2D eigenvalue weighted by Crippen LogP contribution is 2.44. The number of carbonyl (C=O) groups excluding carboxylic acids is 1. The van der Waals surface area contributed by atoms with Crippen molar-refractivity contribution < 1.29 is 14.3 Å². The standard InChI is InChI=1S/C24H23BrNO3S/c1-24(2,25)23(27)29-16-15-28-17-11-13-18(14-12-17)30-21-9-5-3-7-19(21)26-20-8-4-6-10-22(20)30/h3-14,26H,15-16H2,1-2H3/q+1. The maximum Gasteiger partial charge on any atom is 0.322 e. The van der Waals surface area contributed by atoms with Crippen LogP contribution in [0.2, 0.25) is 0 Å². The van der Waals surface area contributed by atoms with Crippen LogP contribution >= 0.6 is 15.9 Å². The number of esters is 1. The number of para-hydroxylation sites is 2. The average Bonchev–Trinajstić information content (AvgIpc) is 2.74. The summed E-state index contributed by atoms with van der Waals surface area (Å²) in [6.45, 7) is 4.04. The minimum Gasteiger partial charge on any atom is -0.490 e. The molecule has 154 valence electrons. The van der Waals surface area contributed by atoms with E-state index in [2.05, 4.69) is 81.9 Å². The maximum atomic E-state index is 11.8. The van der Waals surface area contributed by atoms with Gasteiger partial charge in [0.1, 0.15) is 34.2 Å². The normalized spacial score (nSPS) is 13.0. The van der Waals surface area contributed by atoms with Crippen LogP contribution in [-0.4, -0.2) is 23.5 Å². The first-order chi connectivity index (χ1) is 14.4. The molecule has 0 atom stereocenters. The number of benzene rings is 3. The van der Waals surface area contributed by atoms with Crippen molar-refractivity contribution in [2.75, 3.05) is 18.5 Å². The van der Waals surface area contributed by atoms with Gasteiger partial charge in [0.2, 0.25) is 0 Å². The summed E-state index contributed by atoms with van der Waals surface area (Å²) >= 11 is 3.29. The Labute approximate surface area is 188 Å². The Balaban J connectivity index is 1.48. The molecule has 0 aromatic heterocycles. The Kier molecular flexibility index (Phi) is 6.06. The van der Waals surface area contributed by atoms with Gasteiger partial charge in [0, 0.05) is 0 Å². The number of halogens is 1. The highest BCUT2D eigenvalue weighted by atomic mass is 79.9. The average molecular weight is 485 g/mol. The van der Waals surface area contributed by atoms with E-state index in [9.17, 15) is 4.79 Å². The molecule has 3 aromatic rings. The van der Waals surface area contributed by atoms with Crippen LogP contribution in [0.1, 0.15) is 13.8 Å². The van der Waals surface area contributed by atoms with Gasteiger partial charge in [-0.25, -0.2) is 0 Å². The molecular formula is C24H23BrNO3S+. The van der Waals surface area contributed by atoms with E-state index in [1.54, 1.807) is 13.8 Å². The van der Waals surface area contributed by atoms with E-state index in [0.717, 1.165) is 17.1 Å². The van der Waals surface area contributed by atoms with Crippen molar-refractivity contribution in [1.82, 2.24) is 0 Å². The summed E-state index contributed by atoms with van der Waals surface area (Å²) in [5.74, 6) is 0.457. The highest BCUT2D eigenvalue weighted by molar-refractivity contribution is 9.10. The Hall–Kier alpha value is -2.44. The van der Waals surface area contributed by atoms with Gasteiger partial charge in [-0.1, -0.05) is 40.2 Å². The zero-order valence-corrected chi connectivity index (χ0v) is 19.3. The third-order valence-electron chi connectivity index (χ3n) is 4.61. The Morgan fingerprint density at radius 1 is 0.900 bits per heavy atom. The monoisotopic (exact) mass is 484 g/mol. The summed E-state index contributed by atoms with van der Waals surface area (Å²) in [5, 5.41) is 3.54. The first kappa shape index (κ1) is 20.8. The van der Waals surface area contributed by atoms with Crippen LogP contribution in [0.5, 0.6) is 5.75 Å². The number of hydrogen-bond donors (Lipinski definition) is 1. The molecule has 4 nitrogen and oxygen atoms in total. The summed E-state index contributed by atoms with van der Waals surface area (Å²) in [4.78, 5) is 15.6. The summed E-state index contributed by atoms with van der Waals surface area (Å²) in [5.41, 5.74) is 2.30. The van der Waals surface area contributed by atoms with Gasteiger partial charge in [0.15, 0.2) is 14.7 Å². The third-order valence-corrected chi connectivity index (χ3v) is 7.27. The number of nitrogens with one attached hydrogen (secondary N) is 1. The molecule has 0 saturated carbocycles. The Bertz CT molecular complexity index is 1000. The second-order valence-corrected chi connectivity index (χ2v) is 11.3. The van der Waals surface area contributed by atoms with E-state index in [1.807, 2.05) is 12.1 Å². The van der Waals surface area contributed by atoms with Gasteiger partial charge in [0.05, 0.1) is 11.4 Å². The van der Waals surface area contributed by atoms with Gasteiger partial charge < -0.3 is 14.8 Å². The summed E-state index contributed by atoms with van der Waals surface area (Å²) in [6, 6.07) is 25.1. The number of hydrogen-bond acceptors (Lipinski definition) is 4.